The number of pyridine rings is 1. The monoisotopic (exact) mass is 327 g/mol. The van der Waals surface area contributed by atoms with Crippen LogP contribution in [-0.4, -0.2) is 37.1 Å². The molecule has 0 saturated carbocycles. The number of rotatable bonds is 5. The van der Waals surface area contributed by atoms with Crippen LogP contribution in [0.5, 0.6) is 0 Å². The molecule has 0 bridgehead atoms. The fraction of sp³-hybridized carbons (Fsp3) is 0.600. The molecule has 1 aromatic rings. The standard InChI is InChI=1S/C15H25N3O3S/c1-10(2)13(14(19)16-6)18-11-7-8-12(17-9-11)22(20,21)15(3,4)5/h7-10,13,18H,1-6H3,(H,16,19). The van der Waals surface area contributed by atoms with E-state index in [0.717, 1.165) is 0 Å². The van der Waals surface area contributed by atoms with Crippen LogP contribution in [0.25, 0.3) is 0 Å². The van der Waals surface area contributed by atoms with Crippen molar-refractivity contribution in [2.45, 2.75) is 50.4 Å². The molecule has 0 aromatic carbocycles. The number of nitrogens with zero attached hydrogens (tertiary/aromatic N) is 1. The molecular weight excluding hydrogens is 302 g/mol. The molecule has 0 radical (unpaired) electrons. The molecule has 7 heteroatoms. The first kappa shape index (κ1) is 18.4. The Hall–Kier alpha value is -1.63. The van der Waals surface area contributed by atoms with Crippen LogP contribution in [0, 0.1) is 5.92 Å². The molecule has 0 spiro atoms. The summed E-state index contributed by atoms with van der Waals surface area (Å²) in [6, 6.07) is 2.69. The third kappa shape index (κ3) is 3.97. The van der Waals surface area contributed by atoms with E-state index in [1.807, 2.05) is 13.8 Å². The van der Waals surface area contributed by atoms with Crippen LogP contribution in [0.1, 0.15) is 34.6 Å². The third-order valence-corrected chi connectivity index (χ3v) is 5.74. The largest absolute Gasteiger partial charge is 0.372 e. The summed E-state index contributed by atoms with van der Waals surface area (Å²) in [5.74, 6) is -0.0423. The number of carbonyl (C=O) groups is 1. The maximum Gasteiger partial charge on any atom is 0.242 e. The van der Waals surface area contributed by atoms with Gasteiger partial charge in [-0.2, -0.15) is 0 Å². The highest BCUT2D eigenvalue weighted by Gasteiger charge is 2.32. The molecule has 2 N–H and O–H groups in total. The zero-order valence-corrected chi connectivity index (χ0v) is 14.8. The Labute approximate surface area is 132 Å². The molecule has 1 aromatic heterocycles. The minimum absolute atomic E-state index is 0.0339. The van der Waals surface area contributed by atoms with E-state index in [1.165, 1.54) is 12.3 Å². The lowest BCUT2D eigenvalue weighted by molar-refractivity contribution is -0.122. The number of amides is 1. The lowest BCUT2D eigenvalue weighted by Gasteiger charge is -2.22. The summed E-state index contributed by atoms with van der Waals surface area (Å²) < 4.78 is 23.7. The van der Waals surface area contributed by atoms with E-state index in [2.05, 4.69) is 15.6 Å². The second-order valence-electron chi connectivity index (χ2n) is 6.48. The fourth-order valence-corrected chi connectivity index (χ4v) is 2.87. The van der Waals surface area contributed by atoms with E-state index < -0.39 is 20.6 Å². The van der Waals surface area contributed by atoms with Crippen LogP contribution in [0.3, 0.4) is 0 Å². The van der Waals surface area contributed by atoms with Gasteiger partial charge in [0, 0.05) is 7.05 Å². The zero-order valence-electron chi connectivity index (χ0n) is 14.0. The molecular formula is C15H25N3O3S. The second kappa shape index (κ2) is 6.64. The van der Waals surface area contributed by atoms with Crippen molar-refractivity contribution in [1.82, 2.24) is 10.3 Å². The van der Waals surface area contributed by atoms with Crippen LogP contribution in [0.2, 0.25) is 0 Å². The summed E-state index contributed by atoms with van der Waals surface area (Å²) in [7, 11) is -1.90. The van der Waals surface area contributed by atoms with Gasteiger partial charge in [-0.25, -0.2) is 13.4 Å². The highest BCUT2D eigenvalue weighted by Crippen LogP contribution is 2.24. The molecule has 6 nitrogen and oxygen atoms in total. The highest BCUT2D eigenvalue weighted by atomic mass is 32.2. The SMILES string of the molecule is CNC(=O)C(Nc1ccc(S(=O)(=O)C(C)(C)C)nc1)C(C)C. The molecule has 124 valence electrons. The van der Waals surface area contributed by atoms with Crippen molar-refractivity contribution < 1.29 is 13.2 Å². The smallest absolute Gasteiger partial charge is 0.242 e. The minimum Gasteiger partial charge on any atom is -0.372 e. The number of nitrogens with one attached hydrogen (secondary N) is 2. The van der Waals surface area contributed by atoms with Gasteiger partial charge in [-0.05, 0) is 38.8 Å². The van der Waals surface area contributed by atoms with Gasteiger partial charge in [0.2, 0.25) is 5.91 Å². The summed E-state index contributed by atoms with van der Waals surface area (Å²) >= 11 is 0. The summed E-state index contributed by atoms with van der Waals surface area (Å²) in [4.78, 5) is 15.9. The highest BCUT2D eigenvalue weighted by molar-refractivity contribution is 7.92. The van der Waals surface area contributed by atoms with E-state index in [9.17, 15) is 13.2 Å². The number of carbonyl (C=O) groups excluding carboxylic acids is 1. The Kier molecular flexibility index (Phi) is 5.56. The molecule has 0 aliphatic heterocycles. The lowest BCUT2D eigenvalue weighted by Crippen LogP contribution is -2.41. The van der Waals surface area contributed by atoms with Gasteiger partial charge < -0.3 is 10.6 Å². The summed E-state index contributed by atoms with van der Waals surface area (Å²) in [5.41, 5.74) is 0.607. The Balaban J connectivity index is 3.01. The van der Waals surface area contributed by atoms with Gasteiger partial charge in [0.15, 0.2) is 14.9 Å². The van der Waals surface area contributed by atoms with Crippen LogP contribution < -0.4 is 10.6 Å². The Morgan fingerprint density at radius 1 is 1.23 bits per heavy atom. The first-order chi connectivity index (χ1) is 10.0. The molecule has 0 saturated heterocycles. The van der Waals surface area contributed by atoms with Gasteiger partial charge in [-0.15, -0.1) is 0 Å². The normalized spacial score (nSPS) is 13.8. The first-order valence-corrected chi connectivity index (χ1v) is 8.68. The average molecular weight is 327 g/mol. The molecule has 1 unspecified atom stereocenters. The van der Waals surface area contributed by atoms with Gasteiger partial charge in [0.1, 0.15) is 6.04 Å². The van der Waals surface area contributed by atoms with Gasteiger partial charge in [0.05, 0.1) is 16.6 Å². The molecule has 22 heavy (non-hydrogen) atoms. The van der Waals surface area contributed by atoms with Gasteiger partial charge >= 0.3 is 0 Å². The molecule has 0 fully saturated rings. The van der Waals surface area contributed by atoms with Gasteiger partial charge in [-0.3, -0.25) is 4.79 Å². The van der Waals surface area contributed by atoms with Crippen molar-refractivity contribution in [2.75, 3.05) is 12.4 Å². The number of hydrogen-bond acceptors (Lipinski definition) is 5. The van der Waals surface area contributed by atoms with E-state index in [1.54, 1.807) is 33.9 Å². The number of aromatic nitrogens is 1. The van der Waals surface area contributed by atoms with Gasteiger partial charge in [0.25, 0.3) is 0 Å². The van der Waals surface area contributed by atoms with E-state index in [0.29, 0.717) is 5.69 Å². The number of anilines is 1. The minimum atomic E-state index is -3.48. The van der Waals surface area contributed by atoms with Crippen LogP contribution in [0.4, 0.5) is 5.69 Å². The Morgan fingerprint density at radius 3 is 2.18 bits per heavy atom. The quantitative estimate of drug-likeness (QED) is 0.861. The molecule has 1 amide bonds. The van der Waals surface area contributed by atoms with E-state index >= 15 is 0 Å². The lowest BCUT2D eigenvalue weighted by atomic mass is 10.0. The summed E-state index contributed by atoms with van der Waals surface area (Å²) in [6.07, 6.45) is 1.44. The zero-order chi connectivity index (χ0) is 17.1. The Bertz CT molecular complexity index is 616. The number of sulfone groups is 1. The van der Waals surface area contributed by atoms with Crippen LogP contribution in [0.15, 0.2) is 23.4 Å². The predicted octanol–water partition coefficient (Wildman–Crippen LogP) is 1.84. The fourth-order valence-electron chi connectivity index (χ4n) is 1.81. The maximum atomic E-state index is 12.3. The summed E-state index contributed by atoms with van der Waals surface area (Å²) in [5, 5.41) is 5.72. The molecule has 1 atom stereocenters. The van der Waals surface area contributed by atoms with Crippen molar-refractivity contribution in [3.05, 3.63) is 18.3 Å². The Morgan fingerprint density at radius 2 is 1.82 bits per heavy atom. The predicted molar refractivity (Wildman–Crippen MR) is 87.5 cm³/mol. The molecule has 1 rings (SSSR count). The number of hydrogen-bond donors (Lipinski definition) is 2. The average Bonchev–Trinajstić information content (AvgIpc) is 2.43. The molecule has 0 aliphatic rings. The maximum absolute atomic E-state index is 12.3. The van der Waals surface area contributed by atoms with Crippen molar-refractivity contribution in [3.63, 3.8) is 0 Å². The molecule has 1 heterocycles. The van der Waals surface area contributed by atoms with Crippen molar-refractivity contribution in [3.8, 4) is 0 Å². The van der Waals surface area contributed by atoms with Crippen molar-refractivity contribution in [1.29, 1.82) is 0 Å². The van der Waals surface area contributed by atoms with Gasteiger partial charge in [-0.1, -0.05) is 13.8 Å². The van der Waals surface area contributed by atoms with E-state index in [4.69, 9.17) is 0 Å². The molecule has 0 aliphatic carbocycles. The second-order valence-corrected chi connectivity index (χ2v) is 9.13. The first-order valence-electron chi connectivity index (χ1n) is 7.19. The van der Waals surface area contributed by atoms with Crippen molar-refractivity contribution in [2.24, 2.45) is 5.92 Å². The van der Waals surface area contributed by atoms with Crippen LogP contribution >= 0.6 is 0 Å². The summed E-state index contributed by atoms with van der Waals surface area (Å²) in [6.45, 7) is 8.77. The van der Waals surface area contributed by atoms with Crippen molar-refractivity contribution >= 4 is 21.4 Å². The van der Waals surface area contributed by atoms with E-state index in [-0.39, 0.29) is 16.9 Å². The topological polar surface area (TPSA) is 88.2 Å². The third-order valence-electron chi connectivity index (χ3n) is 3.34. The number of likely N-dealkylation sites (N-methyl/N-ethyl adjacent to an activating group) is 1. The van der Waals surface area contributed by atoms with Crippen LogP contribution in [-0.2, 0) is 14.6 Å².